The molecule has 0 aliphatic heterocycles. The first-order valence-electron chi connectivity index (χ1n) is 4.27. The second-order valence-electron chi connectivity index (χ2n) is 2.72. The first kappa shape index (κ1) is 8.97. The molecule has 0 fully saturated rings. The summed E-state index contributed by atoms with van der Waals surface area (Å²) in [6, 6.07) is 0. The molecule has 12 heavy (non-hydrogen) atoms. The van der Waals surface area contributed by atoms with Crippen molar-refractivity contribution < 1.29 is 9.21 Å². The van der Waals surface area contributed by atoms with Crippen molar-refractivity contribution in [2.75, 3.05) is 0 Å². The van der Waals surface area contributed by atoms with Crippen LogP contribution in [-0.2, 0) is 0 Å². The van der Waals surface area contributed by atoms with Gasteiger partial charge >= 0.3 is 0 Å². The highest BCUT2D eigenvalue weighted by molar-refractivity contribution is 5.91. The van der Waals surface area contributed by atoms with E-state index in [-0.39, 0.29) is 11.7 Å². The van der Waals surface area contributed by atoms with Crippen molar-refractivity contribution in [1.29, 1.82) is 0 Å². The Labute approximate surface area is 71.8 Å². The molecule has 0 radical (unpaired) electrons. The number of carbonyl (C=O) groups excluding carboxylic acids is 1. The number of unbranched alkanes of at least 4 members (excludes halogenated alkanes) is 2. The van der Waals surface area contributed by atoms with E-state index in [4.69, 9.17) is 4.42 Å². The zero-order valence-corrected chi connectivity index (χ0v) is 7.25. The smallest absolute Gasteiger partial charge is 0.263 e. The van der Waals surface area contributed by atoms with E-state index in [0.717, 1.165) is 19.3 Å². The molecule has 1 aromatic rings. The molecule has 0 aromatic carbocycles. The van der Waals surface area contributed by atoms with Crippen molar-refractivity contribution in [3.63, 3.8) is 0 Å². The van der Waals surface area contributed by atoms with Crippen molar-refractivity contribution in [3.8, 4) is 0 Å². The highest BCUT2D eigenvalue weighted by Crippen LogP contribution is 2.05. The van der Waals surface area contributed by atoms with E-state index in [2.05, 4.69) is 11.9 Å². The van der Waals surface area contributed by atoms with Crippen LogP contribution in [0.2, 0.25) is 0 Å². The molecule has 0 amide bonds. The topological polar surface area (TPSA) is 43.1 Å². The number of ketones is 1. The minimum atomic E-state index is 0.00782. The molecular weight excluding hydrogens is 154 g/mol. The lowest BCUT2D eigenvalue weighted by Gasteiger charge is -1.94. The average Bonchev–Trinajstić information content (AvgIpc) is 2.56. The Morgan fingerprint density at radius 1 is 1.58 bits per heavy atom. The predicted molar refractivity (Wildman–Crippen MR) is 45.0 cm³/mol. The molecule has 0 unspecified atom stereocenters. The first-order chi connectivity index (χ1) is 5.84. The molecule has 0 aliphatic rings. The maximum absolute atomic E-state index is 11.2. The summed E-state index contributed by atoms with van der Waals surface area (Å²) in [6.45, 7) is 2.11. The van der Waals surface area contributed by atoms with Gasteiger partial charge in [-0.2, -0.15) is 0 Å². The number of aromatic nitrogens is 1. The van der Waals surface area contributed by atoms with E-state index in [1.807, 2.05) is 0 Å². The van der Waals surface area contributed by atoms with Crippen LogP contribution in [0, 0.1) is 0 Å². The average molecular weight is 167 g/mol. The summed E-state index contributed by atoms with van der Waals surface area (Å²) in [6.07, 6.45) is 6.61. The molecule has 1 aromatic heterocycles. The van der Waals surface area contributed by atoms with Gasteiger partial charge in [-0.25, -0.2) is 4.98 Å². The molecule has 3 heteroatoms. The van der Waals surface area contributed by atoms with Crippen LogP contribution in [0.5, 0.6) is 0 Å². The minimum Gasteiger partial charge on any atom is -0.442 e. The molecular formula is C9H13NO2. The molecule has 0 bridgehead atoms. The van der Waals surface area contributed by atoms with E-state index in [1.165, 1.54) is 12.5 Å². The molecule has 0 aliphatic carbocycles. The fraction of sp³-hybridized carbons (Fsp3) is 0.556. The van der Waals surface area contributed by atoms with Gasteiger partial charge in [-0.15, -0.1) is 0 Å². The second kappa shape index (κ2) is 4.70. The van der Waals surface area contributed by atoms with Crippen molar-refractivity contribution in [2.24, 2.45) is 0 Å². The van der Waals surface area contributed by atoms with E-state index in [0.29, 0.717) is 6.42 Å². The van der Waals surface area contributed by atoms with Gasteiger partial charge in [0.1, 0.15) is 6.26 Å². The zero-order valence-electron chi connectivity index (χ0n) is 7.25. The number of Topliss-reactive ketones (excluding diaryl/α,β-unsaturated/α-hetero) is 1. The Kier molecular flexibility index (Phi) is 3.51. The van der Waals surface area contributed by atoms with Crippen LogP contribution in [0.25, 0.3) is 0 Å². The lowest BCUT2D eigenvalue weighted by Crippen LogP contribution is -1.98. The van der Waals surface area contributed by atoms with Gasteiger partial charge in [0.05, 0.1) is 6.20 Å². The van der Waals surface area contributed by atoms with Crippen molar-refractivity contribution in [2.45, 2.75) is 32.6 Å². The van der Waals surface area contributed by atoms with Crippen molar-refractivity contribution in [3.05, 3.63) is 18.4 Å². The van der Waals surface area contributed by atoms with E-state index < -0.39 is 0 Å². The Morgan fingerprint density at radius 3 is 3.00 bits per heavy atom. The summed E-state index contributed by atoms with van der Waals surface area (Å²) < 4.78 is 4.87. The van der Waals surface area contributed by atoms with Gasteiger partial charge in [0.15, 0.2) is 0 Å². The quantitative estimate of drug-likeness (QED) is 0.499. The van der Waals surface area contributed by atoms with Crippen LogP contribution >= 0.6 is 0 Å². The highest BCUT2D eigenvalue weighted by atomic mass is 16.3. The van der Waals surface area contributed by atoms with Gasteiger partial charge in [-0.05, 0) is 6.42 Å². The van der Waals surface area contributed by atoms with E-state index in [1.54, 1.807) is 0 Å². The molecule has 0 saturated carbocycles. The van der Waals surface area contributed by atoms with Crippen LogP contribution in [0.3, 0.4) is 0 Å². The zero-order chi connectivity index (χ0) is 8.81. The predicted octanol–water partition coefficient (Wildman–Crippen LogP) is 2.44. The summed E-state index contributed by atoms with van der Waals surface area (Å²) in [5.41, 5.74) is 0. The monoisotopic (exact) mass is 167 g/mol. The number of carbonyl (C=O) groups is 1. The maximum Gasteiger partial charge on any atom is 0.263 e. The number of rotatable bonds is 5. The van der Waals surface area contributed by atoms with Gasteiger partial charge in [0, 0.05) is 6.42 Å². The second-order valence-corrected chi connectivity index (χ2v) is 2.72. The summed E-state index contributed by atoms with van der Waals surface area (Å²) in [7, 11) is 0. The lowest BCUT2D eigenvalue weighted by molar-refractivity contribution is 0.0945. The van der Waals surface area contributed by atoms with E-state index >= 15 is 0 Å². The van der Waals surface area contributed by atoms with Crippen molar-refractivity contribution in [1.82, 2.24) is 4.98 Å². The van der Waals surface area contributed by atoms with Gasteiger partial charge in [-0.1, -0.05) is 19.8 Å². The van der Waals surface area contributed by atoms with Crippen LogP contribution in [0.15, 0.2) is 16.9 Å². The van der Waals surface area contributed by atoms with Crippen LogP contribution in [-0.4, -0.2) is 10.8 Å². The fourth-order valence-corrected chi connectivity index (χ4v) is 1.00. The summed E-state index contributed by atoms with van der Waals surface area (Å²) >= 11 is 0. The molecule has 0 saturated heterocycles. The standard InChI is InChI=1S/C9H13NO2/c1-2-3-4-5-8(11)9-10-6-7-12-9/h6-7H,2-5H2,1H3. The highest BCUT2D eigenvalue weighted by Gasteiger charge is 2.08. The summed E-state index contributed by atoms with van der Waals surface area (Å²) in [5.74, 6) is 0.250. The molecule has 0 N–H and O–H groups in total. The fourth-order valence-electron chi connectivity index (χ4n) is 1.00. The molecule has 0 atom stereocenters. The Morgan fingerprint density at radius 2 is 2.42 bits per heavy atom. The molecule has 1 heterocycles. The molecule has 1 rings (SSSR count). The third kappa shape index (κ3) is 2.49. The van der Waals surface area contributed by atoms with Crippen LogP contribution in [0.1, 0.15) is 43.3 Å². The number of nitrogens with zero attached hydrogens (tertiary/aromatic N) is 1. The van der Waals surface area contributed by atoms with Gasteiger partial charge in [0.25, 0.3) is 5.89 Å². The molecule has 0 spiro atoms. The molecule has 3 nitrogen and oxygen atoms in total. The number of hydrogen-bond donors (Lipinski definition) is 0. The Balaban J connectivity index is 2.30. The minimum absolute atomic E-state index is 0.00782. The number of oxazole rings is 1. The Bertz CT molecular complexity index is 229. The SMILES string of the molecule is CCCCCC(=O)c1ncco1. The number of hydrogen-bond acceptors (Lipinski definition) is 3. The summed E-state index contributed by atoms with van der Waals surface area (Å²) in [4.78, 5) is 15.0. The van der Waals surface area contributed by atoms with Crippen LogP contribution in [0.4, 0.5) is 0 Å². The van der Waals surface area contributed by atoms with Gasteiger partial charge in [0.2, 0.25) is 5.78 Å². The molecule has 66 valence electrons. The van der Waals surface area contributed by atoms with Gasteiger partial charge < -0.3 is 4.42 Å². The van der Waals surface area contributed by atoms with Crippen LogP contribution < -0.4 is 0 Å². The lowest BCUT2D eigenvalue weighted by atomic mass is 10.1. The van der Waals surface area contributed by atoms with Crippen molar-refractivity contribution >= 4 is 5.78 Å². The third-order valence-corrected chi connectivity index (χ3v) is 1.68. The van der Waals surface area contributed by atoms with E-state index in [9.17, 15) is 4.79 Å². The maximum atomic E-state index is 11.2. The largest absolute Gasteiger partial charge is 0.442 e. The van der Waals surface area contributed by atoms with Gasteiger partial charge in [-0.3, -0.25) is 4.79 Å². The Hall–Kier alpha value is -1.12. The first-order valence-corrected chi connectivity index (χ1v) is 4.27. The summed E-state index contributed by atoms with van der Waals surface area (Å²) in [5, 5.41) is 0. The third-order valence-electron chi connectivity index (χ3n) is 1.68. The normalized spacial score (nSPS) is 10.1.